The molecule has 1 aliphatic carbocycles. The predicted molar refractivity (Wildman–Crippen MR) is 92.0 cm³/mol. The Morgan fingerprint density at radius 1 is 1.09 bits per heavy atom. The molecule has 1 aromatic carbocycles. The summed E-state index contributed by atoms with van der Waals surface area (Å²) in [6.45, 7) is 2.99. The van der Waals surface area contributed by atoms with E-state index in [0.717, 1.165) is 49.5 Å². The van der Waals surface area contributed by atoms with Crippen LogP contribution in [0.5, 0.6) is 0 Å². The van der Waals surface area contributed by atoms with Crippen LogP contribution in [0.3, 0.4) is 0 Å². The maximum atomic E-state index is 12.4. The molecule has 1 saturated heterocycles. The minimum Gasteiger partial charge on any atom is -0.393 e. The van der Waals surface area contributed by atoms with Crippen molar-refractivity contribution in [2.24, 2.45) is 0 Å². The molecule has 0 bridgehead atoms. The smallest absolute Gasteiger partial charge is 0.317 e. The van der Waals surface area contributed by atoms with Gasteiger partial charge in [-0.2, -0.15) is 0 Å². The molecule has 1 aliphatic heterocycles. The minimum atomic E-state index is -0.192. The van der Waals surface area contributed by atoms with Gasteiger partial charge in [-0.25, -0.2) is 4.79 Å². The van der Waals surface area contributed by atoms with Crippen molar-refractivity contribution >= 4 is 23.3 Å². The van der Waals surface area contributed by atoms with Crippen LogP contribution in [-0.4, -0.2) is 54.4 Å². The van der Waals surface area contributed by atoms with E-state index in [4.69, 9.17) is 11.6 Å². The van der Waals surface area contributed by atoms with Crippen LogP contribution < -0.4 is 10.2 Å². The lowest BCUT2D eigenvalue weighted by Gasteiger charge is -2.37. The first-order chi connectivity index (χ1) is 11.1. The summed E-state index contributed by atoms with van der Waals surface area (Å²) in [6, 6.07) is 8.05. The maximum absolute atomic E-state index is 12.4. The number of hydrogen-bond acceptors (Lipinski definition) is 3. The molecule has 3 rings (SSSR count). The van der Waals surface area contributed by atoms with E-state index in [1.807, 2.05) is 29.2 Å². The van der Waals surface area contributed by atoms with E-state index < -0.39 is 0 Å². The highest BCUT2D eigenvalue weighted by atomic mass is 35.5. The van der Waals surface area contributed by atoms with Gasteiger partial charge in [-0.15, -0.1) is 0 Å². The molecule has 1 saturated carbocycles. The Labute approximate surface area is 142 Å². The summed E-state index contributed by atoms with van der Waals surface area (Å²) < 4.78 is 0. The fourth-order valence-corrected chi connectivity index (χ4v) is 3.60. The van der Waals surface area contributed by atoms with Gasteiger partial charge in [0.15, 0.2) is 0 Å². The second-order valence-electron chi connectivity index (χ2n) is 6.38. The number of rotatable bonds is 2. The van der Waals surface area contributed by atoms with Crippen LogP contribution in [0.1, 0.15) is 25.7 Å². The van der Waals surface area contributed by atoms with Crippen molar-refractivity contribution in [3.05, 3.63) is 29.3 Å². The molecule has 0 unspecified atom stereocenters. The van der Waals surface area contributed by atoms with E-state index in [0.29, 0.717) is 13.1 Å². The first kappa shape index (κ1) is 16.4. The average Bonchev–Trinajstić information content (AvgIpc) is 2.57. The summed E-state index contributed by atoms with van der Waals surface area (Å²) in [5.74, 6) is 0. The summed E-state index contributed by atoms with van der Waals surface area (Å²) in [6.07, 6.45) is 3.11. The zero-order chi connectivity index (χ0) is 16.2. The van der Waals surface area contributed by atoms with Crippen LogP contribution in [0.25, 0.3) is 0 Å². The highest BCUT2D eigenvalue weighted by Crippen LogP contribution is 2.26. The van der Waals surface area contributed by atoms with E-state index in [1.54, 1.807) is 0 Å². The number of aliphatic hydroxyl groups is 1. The number of halogens is 1. The number of hydrogen-bond donors (Lipinski definition) is 2. The zero-order valence-corrected chi connectivity index (χ0v) is 14.0. The summed E-state index contributed by atoms with van der Waals surface area (Å²) in [5.41, 5.74) is 1.04. The number of piperazine rings is 1. The van der Waals surface area contributed by atoms with Gasteiger partial charge in [-0.05, 0) is 37.8 Å². The highest BCUT2D eigenvalue weighted by Gasteiger charge is 2.26. The number of urea groups is 1. The number of carbonyl (C=O) groups is 1. The quantitative estimate of drug-likeness (QED) is 0.871. The maximum Gasteiger partial charge on any atom is 0.317 e. The average molecular weight is 338 g/mol. The highest BCUT2D eigenvalue weighted by molar-refractivity contribution is 6.33. The van der Waals surface area contributed by atoms with E-state index in [9.17, 15) is 9.90 Å². The van der Waals surface area contributed by atoms with Crippen molar-refractivity contribution in [3.63, 3.8) is 0 Å². The van der Waals surface area contributed by atoms with Gasteiger partial charge in [-0.3, -0.25) is 0 Å². The molecule has 2 amide bonds. The Kier molecular flexibility index (Phi) is 5.28. The van der Waals surface area contributed by atoms with Crippen LogP contribution in [0.4, 0.5) is 10.5 Å². The third kappa shape index (κ3) is 4.09. The molecule has 126 valence electrons. The van der Waals surface area contributed by atoms with Gasteiger partial charge in [0.05, 0.1) is 16.8 Å². The van der Waals surface area contributed by atoms with Gasteiger partial charge >= 0.3 is 6.03 Å². The fourth-order valence-electron chi connectivity index (χ4n) is 3.34. The third-order valence-electron chi connectivity index (χ3n) is 4.78. The van der Waals surface area contributed by atoms with Crippen molar-refractivity contribution in [3.8, 4) is 0 Å². The van der Waals surface area contributed by atoms with Gasteiger partial charge in [0.2, 0.25) is 0 Å². The number of benzene rings is 1. The molecular weight excluding hydrogens is 314 g/mol. The molecule has 23 heavy (non-hydrogen) atoms. The number of amides is 2. The van der Waals surface area contributed by atoms with Crippen molar-refractivity contribution in [1.82, 2.24) is 10.2 Å². The second kappa shape index (κ2) is 7.41. The standard InChI is InChI=1S/C17H24ClN3O2/c18-15-3-1-2-4-16(15)20-9-11-21(12-10-20)17(23)19-13-5-7-14(22)8-6-13/h1-4,13-14,22H,5-12H2,(H,19,23). The van der Waals surface area contributed by atoms with Crippen LogP contribution in [0, 0.1) is 0 Å². The summed E-state index contributed by atoms with van der Waals surface area (Å²) in [4.78, 5) is 16.5. The van der Waals surface area contributed by atoms with Crippen LogP contribution in [0.2, 0.25) is 5.02 Å². The molecule has 0 atom stereocenters. The predicted octanol–water partition coefficient (Wildman–Crippen LogP) is 2.48. The van der Waals surface area contributed by atoms with Gasteiger partial charge in [0.25, 0.3) is 0 Å². The lowest BCUT2D eigenvalue weighted by atomic mass is 9.93. The van der Waals surface area contributed by atoms with E-state index in [1.165, 1.54) is 0 Å². The Bertz CT molecular complexity index is 538. The van der Waals surface area contributed by atoms with Gasteiger partial charge in [-0.1, -0.05) is 23.7 Å². The van der Waals surface area contributed by atoms with E-state index in [2.05, 4.69) is 10.2 Å². The van der Waals surface area contributed by atoms with Gasteiger partial charge in [0.1, 0.15) is 0 Å². The summed E-state index contributed by atoms with van der Waals surface area (Å²) >= 11 is 6.24. The molecule has 2 aliphatic rings. The molecule has 0 spiro atoms. The first-order valence-corrected chi connectivity index (χ1v) is 8.74. The fraction of sp³-hybridized carbons (Fsp3) is 0.588. The van der Waals surface area contributed by atoms with Crippen LogP contribution >= 0.6 is 11.6 Å². The largest absolute Gasteiger partial charge is 0.393 e. The number of anilines is 1. The monoisotopic (exact) mass is 337 g/mol. The molecule has 1 aromatic rings. The van der Waals surface area contributed by atoms with Crippen LogP contribution in [-0.2, 0) is 0 Å². The Morgan fingerprint density at radius 2 is 1.74 bits per heavy atom. The second-order valence-corrected chi connectivity index (χ2v) is 6.79. The lowest BCUT2D eigenvalue weighted by molar-refractivity contribution is 0.115. The number of carbonyl (C=O) groups excluding carboxylic acids is 1. The van der Waals surface area contributed by atoms with Crippen molar-refractivity contribution in [1.29, 1.82) is 0 Å². The molecule has 2 N–H and O–H groups in total. The Hall–Kier alpha value is -1.46. The Morgan fingerprint density at radius 3 is 2.39 bits per heavy atom. The topological polar surface area (TPSA) is 55.8 Å². The molecule has 2 fully saturated rings. The van der Waals surface area contributed by atoms with Crippen molar-refractivity contribution in [2.75, 3.05) is 31.1 Å². The Balaban J connectivity index is 1.49. The minimum absolute atomic E-state index is 0.0187. The molecule has 0 aromatic heterocycles. The van der Waals surface area contributed by atoms with E-state index in [-0.39, 0.29) is 18.2 Å². The van der Waals surface area contributed by atoms with Crippen molar-refractivity contribution < 1.29 is 9.90 Å². The molecule has 5 nitrogen and oxygen atoms in total. The van der Waals surface area contributed by atoms with Gasteiger partial charge in [0, 0.05) is 32.2 Å². The number of aliphatic hydroxyl groups excluding tert-OH is 1. The SMILES string of the molecule is O=C(NC1CCC(O)CC1)N1CCN(c2ccccc2Cl)CC1. The number of para-hydroxylation sites is 1. The lowest BCUT2D eigenvalue weighted by Crippen LogP contribution is -2.54. The molecule has 0 radical (unpaired) electrons. The van der Waals surface area contributed by atoms with E-state index >= 15 is 0 Å². The first-order valence-electron chi connectivity index (χ1n) is 8.36. The zero-order valence-electron chi connectivity index (χ0n) is 13.2. The number of nitrogens with zero attached hydrogens (tertiary/aromatic N) is 2. The van der Waals surface area contributed by atoms with Gasteiger partial charge < -0.3 is 20.2 Å². The normalized spacial score (nSPS) is 25.3. The van der Waals surface area contributed by atoms with Crippen molar-refractivity contribution in [2.45, 2.75) is 37.8 Å². The molecule has 1 heterocycles. The van der Waals surface area contributed by atoms with Crippen LogP contribution in [0.15, 0.2) is 24.3 Å². The molecule has 6 heteroatoms. The summed E-state index contributed by atoms with van der Waals surface area (Å²) in [7, 11) is 0. The summed E-state index contributed by atoms with van der Waals surface area (Å²) in [5, 5.41) is 13.4. The third-order valence-corrected chi connectivity index (χ3v) is 5.10. The number of nitrogens with one attached hydrogen (secondary N) is 1. The molecular formula is C17H24ClN3O2.